The average molecular weight is 341 g/mol. The number of esters is 2. The summed E-state index contributed by atoms with van der Waals surface area (Å²) in [5.41, 5.74) is 0. The van der Waals surface area contributed by atoms with Gasteiger partial charge in [-0.15, -0.1) is 0 Å². The first kappa shape index (κ1) is 21.0. The molecule has 1 aliphatic rings. The number of carbonyl (C=O) groups excluding carboxylic acids is 2. The van der Waals surface area contributed by atoms with Gasteiger partial charge in [0.15, 0.2) is 0 Å². The molecule has 0 bridgehead atoms. The van der Waals surface area contributed by atoms with Gasteiger partial charge in [0.2, 0.25) is 0 Å². The number of carbonyl (C=O) groups is 2. The normalized spacial score (nSPS) is 23.3. The van der Waals surface area contributed by atoms with Gasteiger partial charge in [-0.2, -0.15) is 0 Å². The monoisotopic (exact) mass is 340 g/mol. The lowest BCUT2D eigenvalue weighted by Crippen LogP contribution is -2.33. The van der Waals surface area contributed by atoms with Gasteiger partial charge in [-0.05, 0) is 44.9 Å². The van der Waals surface area contributed by atoms with Crippen LogP contribution in [0.25, 0.3) is 0 Å². The Bertz CT molecular complexity index is 346. The van der Waals surface area contributed by atoms with Crippen molar-refractivity contribution in [1.29, 1.82) is 0 Å². The molecule has 4 nitrogen and oxygen atoms in total. The van der Waals surface area contributed by atoms with Crippen molar-refractivity contribution in [3.05, 3.63) is 0 Å². The first-order valence-electron chi connectivity index (χ1n) is 9.96. The summed E-state index contributed by atoms with van der Waals surface area (Å²) >= 11 is 0. The fourth-order valence-corrected chi connectivity index (χ4v) is 3.48. The fraction of sp³-hybridized carbons (Fsp3) is 0.900. The fourth-order valence-electron chi connectivity index (χ4n) is 3.48. The van der Waals surface area contributed by atoms with E-state index in [4.69, 9.17) is 9.47 Å². The highest BCUT2D eigenvalue weighted by Crippen LogP contribution is 2.32. The Morgan fingerprint density at radius 3 is 1.58 bits per heavy atom. The molecule has 0 radical (unpaired) electrons. The maximum atomic E-state index is 12.4. The Morgan fingerprint density at radius 1 is 0.833 bits per heavy atom. The predicted octanol–water partition coefficient (Wildman–Crippen LogP) is 5.04. The van der Waals surface area contributed by atoms with E-state index >= 15 is 0 Å². The van der Waals surface area contributed by atoms with Crippen molar-refractivity contribution >= 4 is 11.9 Å². The Labute approximate surface area is 147 Å². The predicted molar refractivity (Wildman–Crippen MR) is 95.6 cm³/mol. The first-order valence-corrected chi connectivity index (χ1v) is 9.96. The molecule has 140 valence electrons. The zero-order valence-corrected chi connectivity index (χ0v) is 16.0. The Hall–Kier alpha value is -1.06. The quantitative estimate of drug-likeness (QED) is 0.523. The van der Waals surface area contributed by atoms with Crippen molar-refractivity contribution < 1.29 is 19.1 Å². The lowest BCUT2D eigenvalue weighted by Gasteiger charge is -2.29. The van der Waals surface area contributed by atoms with Crippen LogP contribution in [0, 0.1) is 11.8 Å². The number of rotatable bonds is 10. The Morgan fingerprint density at radius 2 is 1.25 bits per heavy atom. The highest BCUT2D eigenvalue weighted by Gasteiger charge is 2.34. The van der Waals surface area contributed by atoms with E-state index < -0.39 is 0 Å². The van der Waals surface area contributed by atoms with E-state index in [1.807, 2.05) is 13.8 Å². The molecule has 0 aliphatic heterocycles. The van der Waals surface area contributed by atoms with E-state index in [0.717, 1.165) is 57.8 Å². The van der Waals surface area contributed by atoms with Gasteiger partial charge in [-0.3, -0.25) is 9.59 Å². The Balaban J connectivity index is 2.53. The smallest absolute Gasteiger partial charge is 0.309 e. The van der Waals surface area contributed by atoms with Crippen LogP contribution in [-0.2, 0) is 19.1 Å². The summed E-state index contributed by atoms with van der Waals surface area (Å²) in [6.45, 7) is 8.30. The number of hydrogen-bond acceptors (Lipinski definition) is 4. The van der Waals surface area contributed by atoms with Crippen molar-refractivity contribution in [3.63, 3.8) is 0 Å². The van der Waals surface area contributed by atoms with Gasteiger partial charge in [0, 0.05) is 0 Å². The summed E-state index contributed by atoms with van der Waals surface area (Å²) in [5, 5.41) is 0. The van der Waals surface area contributed by atoms with Crippen molar-refractivity contribution in [2.75, 3.05) is 0 Å². The van der Waals surface area contributed by atoms with Gasteiger partial charge in [0.05, 0.1) is 11.8 Å². The zero-order valence-electron chi connectivity index (χ0n) is 16.0. The van der Waals surface area contributed by atoms with E-state index in [9.17, 15) is 9.59 Å². The third-order valence-electron chi connectivity index (χ3n) is 5.04. The molecule has 0 aromatic carbocycles. The minimum Gasteiger partial charge on any atom is -0.462 e. The largest absolute Gasteiger partial charge is 0.462 e. The van der Waals surface area contributed by atoms with Gasteiger partial charge in [-0.25, -0.2) is 0 Å². The van der Waals surface area contributed by atoms with E-state index in [-0.39, 0.29) is 36.0 Å². The SMILES string of the molecule is CCCC(CC)OC(=O)C1CCCC(C(=O)OC(CC)CCC)C1. The molecular formula is C20H36O4. The van der Waals surface area contributed by atoms with Gasteiger partial charge in [0.1, 0.15) is 12.2 Å². The first-order chi connectivity index (χ1) is 11.5. The second-order valence-corrected chi connectivity index (χ2v) is 7.07. The lowest BCUT2D eigenvalue weighted by molar-refractivity contribution is -0.161. The summed E-state index contributed by atoms with van der Waals surface area (Å²) in [6, 6.07) is 0. The zero-order chi connectivity index (χ0) is 17.9. The van der Waals surface area contributed by atoms with Gasteiger partial charge in [0.25, 0.3) is 0 Å². The summed E-state index contributed by atoms with van der Waals surface area (Å²) in [6.07, 6.45) is 8.74. The van der Waals surface area contributed by atoms with Crippen LogP contribution in [0.1, 0.15) is 91.9 Å². The van der Waals surface area contributed by atoms with Crippen molar-refractivity contribution in [2.24, 2.45) is 11.8 Å². The van der Waals surface area contributed by atoms with Gasteiger partial charge >= 0.3 is 11.9 Å². The van der Waals surface area contributed by atoms with Crippen LogP contribution in [0.3, 0.4) is 0 Å². The van der Waals surface area contributed by atoms with Crippen molar-refractivity contribution in [2.45, 2.75) is 104 Å². The molecule has 4 atom stereocenters. The summed E-state index contributed by atoms with van der Waals surface area (Å²) < 4.78 is 11.3. The van der Waals surface area contributed by atoms with Gasteiger partial charge < -0.3 is 9.47 Å². The molecule has 0 heterocycles. The molecule has 24 heavy (non-hydrogen) atoms. The molecule has 0 saturated heterocycles. The summed E-state index contributed by atoms with van der Waals surface area (Å²) in [7, 11) is 0. The minimum atomic E-state index is -0.145. The Kier molecular flexibility index (Phi) is 10.0. The van der Waals surface area contributed by atoms with Crippen LogP contribution in [-0.4, -0.2) is 24.1 Å². The summed E-state index contributed by atoms with van der Waals surface area (Å²) in [4.78, 5) is 24.8. The van der Waals surface area contributed by atoms with Crippen LogP contribution < -0.4 is 0 Å². The van der Waals surface area contributed by atoms with Crippen LogP contribution in [0.5, 0.6) is 0 Å². The second kappa shape index (κ2) is 11.5. The van der Waals surface area contributed by atoms with E-state index in [2.05, 4.69) is 13.8 Å². The number of ether oxygens (including phenoxy) is 2. The molecule has 0 aromatic heterocycles. The molecule has 1 saturated carbocycles. The molecule has 0 spiro atoms. The maximum absolute atomic E-state index is 12.4. The lowest BCUT2D eigenvalue weighted by atomic mass is 9.81. The van der Waals surface area contributed by atoms with Crippen LogP contribution in [0.2, 0.25) is 0 Å². The average Bonchev–Trinajstić information content (AvgIpc) is 2.60. The maximum Gasteiger partial charge on any atom is 0.309 e. The van der Waals surface area contributed by atoms with Crippen molar-refractivity contribution in [3.8, 4) is 0 Å². The summed E-state index contributed by atoms with van der Waals surface area (Å²) in [5.74, 6) is -0.524. The molecule has 4 unspecified atom stereocenters. The van der Waals surface area contributed by atoms with Gasteiger partial charge in [-0.1, -0.05) is 47.0 Å². The van der Waals surface area contributed by atoms with E-state index in [0.29, 0.717) is 6.42 Å². The minimum absolute atomic E-state index is 0.0175. The molecular weight excluding hydrogens is 304 g/mol. The third kappa shape index (κ3) is 6.82. The van der Waals surface area contributed by atoms with Crippen LogP contribution in [0.4, 0.5) is 0 Å². The molecule has 1 aliphatic carbocycles. The van der Waals surface area contributed by atoms with E-state index in [1.165, 1.54) is 0 Å². The highest BCUT2D eigenvalue weighted by molar-refractivity contribution is 5.76. The molecule has 0 amide bonds. The van der Waals surface area contributed by atoms with Crippen LogP contribution >= 0.6 is 0 Å². The number of hydrogen-bond donors (Lipinski definition) is 0. The molecule has 1 fully saturated rings. The topological polar surface area (TPSA) is 52.6 Å². The molecule has 4 heteroatoms. The van der Waals surface area contributed by atoms with E-state index in [1.54, 1.807) is 0 Å². The molecule has 1 rings (SSSR count). The van der Waals surface area contributed by atoms with Crippen LogP contribution in [0.15, 0.2) is 0 Å². The van der Waals surface area contributed by atoms with Crippen molar-refractivity contribution in [1.82, 2.24) is 0 Å². The molecule has 0 N–H and O–H groups in total. The second-order valence-electron chi connectivity index (χ2n) is 7.07. The third-order valence-corrected chi connectivity index (χ3v) is 5.04. The highest BCUT2D eigenvalue weighted by atomic mass is 16.5. The molecule has 0 aromatic rings. The standard InChI is InChI=1S/C20H36O4/c1-5-10-17(7-3)23-19(21)15-12-9-13-16(14-15)20(22)24-18(8-4)11-6-2/h15-18H,5-14H2,1-4H3.